The lowest BCUT2D eigenvalue weighted by Crippen LogP contribution is -2.40. The summed E-state index contributed by atoms with van der Waals surface area (Å²) in [5.41, 5.74) is 3.26. The normalized spacial score (nSPS) is 17.4. The molecule has 2 aromatic rings. The monoisotopic (exact) mass is 397 g/mol. The summed E-state index contributed by atoms with van der Waals surface area (Å²) in [5, 5.41) is 13.7. The fraction of sp³-hybridized carbons (Fsp3) is 0.522. The predicted molar refractivity (Wildman–Crippen MR) is 112 cm³/mol. The fourth-order valence-electron chi connectivity index (χ4n) is 3.90. The Hall–Kier alpha value is -2.63. The van der Waals surface area contributed by atoms with E-state index in [4.69, 9.17) is 10.2 Å². The number of amides is 1. The molecule has 3 rings (SSSR count). The van der Waals surface area contributed by atoms with Crippen LogP contribution in [0.4, 0.5) is 0 Å². The first-order valence-electron chi connectivity index (χ1n) is 10.3. The van der Waals surface area contributed by atoms with Crippen LogP contribution in [0, 0.1) is 12.8 Å². The molecule has 29 heavy (non-hydrogen) atoms. The number of benzene rings is 1. The SMILES string of the molecule is Cc1ccc(-n2cc(C(=O)N3CCCC(CCC(=O)O)C3)c(C(C)(C)C)n2)cc1. The lowest BCUT2D eigenvalue weighted by molar-refractivity contribution is -0.137. The highest BCUT2D eigenvalue weighted by atomic mass is 16.4. The van der Waals surface area contributed by atoms with E-state index < -0.39 is 5.97 Å². The van der Waals surface area contributed by atoms with Gasteiger partial charge in [-0.2, -0.15) is 5.10 Å². The van der Waals surface area contributed by atoms with Crippen LogP contribution in [-0.4, -0.2) is 44.8 Å². The third-order valence-corrected chi connectivity index (χ3v) is 5.53. The standard InChI is InChI=1S/C23H31N3O3/c1-16-7-10-18(11-8-16)26-15-19(21(24-26)23(2,3)4)22(29)25-13-5-6-17(14-25)9-12-20(27)28/h7-8,10-11,15,17H,5-6,9,12-14H2,1-4H3,(H,27,28). The lowest BCUT2D eigenvalue weighted by atomic mass is 9.88. The van der Waals surface area contributed by atoms with Crippen molar-refractivity contribution in [3.05, 3.63) is 47.3 Å². The second-order valence-electron chi connectivity index (χ2n) is 9.11. The summed E-state index contributed by atoms with van der Waals surface area (Å²) < 4.78 is 1.79. The van der Waals surface area contributed by atoms with Gasteiger partial charge in [-0.1, -0.05) is 38.5 Å². The topological polar surface area (TPSA) is 75.4 Å². The summed E-state index contributed by atoms with van der Waals surface area (Å²) in [4.78, 5) is 26.2. The molecule has 1 saturated heterocycles. The highest BCUT2D eigenvalue weighted by Crippen LogP contribution is 2.29. The average molecular weight is 398 g/mol. The van der Waals surface area contributed by atoms with E-state index in [1.165, 1.54) is 5.56 Å². The molecule has 1 N–H and O–H groups in total. The van der Waals surface area contributed by atoms with Gasteiger partial charge in [0, 0.05) is 31.1 Å². The van der Waals surface area contributed by atoms with Gasteiger partial charge in [0.25, 0.3) is 5.91 Å². The smallest absolute Gasteiger partial charge is 0.303 e. The van der Waals surface area contributed by atoms with Crippen LogP contribution in [0.2, 0.25) is 0 Å². The van der Waals surface area contributed by atoms with Gasteiger partial charge >= 0.3 is 5.97 Å². The first-order chi connectivity index (χ1) is 13.6. The predicted octanol–water partition coefficient (Wildman–Crippen LogP) is 4.20. The quantitative estimate of drug-likeness (QED) is 0.821. The zero-order valence-corrected chi connectivity index (χ0v) is 17.8. The number of piperidine rings is 1. The van der Waals surface area contributed by atoms with Crippen molar-refractivity contribution in [2.75, 3.05) is 13.1 Å². The van der Waals surface area contributed by atoms with Gasteiger partial charge in [-0.25, -0.2) is 4.68 Å². The minimum Gasteiger partial charge on any atom is -0.481 e. The van der Waals surface area contributed by atoms with Gasteiger partial charge in [-0.3, -0.25) is 9.59 Å². The molecule has 1 aliphatic heterocycles. The van der Waals surface area contributed by atoms with Gasteiger partial charge in [0.05, 0.1) is 16.9 Å². The van der Waals surface area contributed by atoms with Crippen molar-refractivity contribution in [3.8, 4) is 5.69 Å². The number of carboxylic acids is 1. The molecule has 6 nitrogen and oxygen atoms in total. The molecule has 6 heteroatoms. The third kappa shape index (κ3) is 5.05. The number of hydrogen-bond donors (Lipinski definition) is 1. The fourth-order valence-corrected chi connectivity index (χ4v) is 3.90. The molecule has 0 saturated carbocycles. The van der Waals surface area contributed by atoms with Crippen LogP contribution < -0.4 is 0 Å². The number of rotatable bonds is 5. The molecule has 1 aromatic heterocycles. The van der Waals surface area contributed by atoms with Crippen molar-refractivity contribution in [2.45, 2.75) is 58.8 Å². The maximum Gasteiger partial charge on any atom is 0.303 e. The molecule has 0 spiro atoms. The highest BCUT2D eigenvalue weighted by molar-refractivity contribution is 5.95. The van der Waals surface area contributed by atoms with Crippen molar-refractivity contribution in [1.29, 1.82) is 0 Å². The van der Waals surface area contributed by atoms with E-state index in [-0.39, 0.29) is 23.7 Å². The van der Waals surface area contributed by atoms with Gasteiger partial charge in [-0.15, -0.1) is 0 Å². The third-order valence-electron chi connectivity index (χ3n) is 5.53. The second kappa shape index (κ2) is 8.39. The largest absolute Gasteiger partial charge is 0.481 e. The van der Waals surface area contributed by atoms with Crippen LogP contribution in [0.25, 0.3) is 5.69 Å². The van der Waals surface area contributed by atoms with Gasteiger partial charge < -0.3 is 10.0 Å². The zero-order chi connectivity index (χ0) is 21.2. The van der Waals surface area contributed by atoms with Crippen molar-refractivity contribution < 1.29 is 14.7 Å². The van der Waals surface area contributed by atoms with E-state index in [9.17, 15) is 9.59 Å². The van der Waals surface area contributed by atoms with Crippen LogP contribution >= 0.6 is 0 Å². The Morgan fingerprint density at radius 3 is 2.52 bits per heavy atom. The summed E-state index contributed by atoms with van der Waals surface area (Å²) in [6.45, 7) is 9.57. The number of carboxylic acid groups (broad SMARTS) is 1. The molecular weight excluding hydrogens is 366 g/mol. The van der Waals surface area contributed by atoms with E-state index in [0.717, 1.165) is 24.2 Å². The molecule has 1 unspecified atom stereocenters. The number of aromatic nitrogens is 2. The van der Waals surface area contributed by atoms with Crippen LogP contribution in [0.3, 0.4) is 0 Å². The molecule has 0 aliphatic carbocycles. The Morgan fingerprint density at radius 1 is 1.21 bits per heavy atom. The van der Waals surface area contributed by atoms with Crippen LogP contribution in [0.5, 0.6) is 0 Å². The van der Waals surface area contributed by atoms with Crippen molar-refractivity contribution >= 4 is 11.9 Å². The van der Waals surface area contributed by atoms with Gasteiger partial charge in [0.1, 0.15) is 0 Å². The zero-order valence-electron chi connectivity index (χ0n) is 17.8. The molecular formula is C23H31N3O3. The Morgan fingerprint density at radius 2 is 1.90 bits per heavy atom. The van der Waals surface area contributed by atoms with Crippen molar-refractivity contribution in [2.24, 2.45) is 5.92 Å². The molecule has 0 radical (unpaired) electrons. The number of carbonyl (C=O) groups is 2. The van der Waals surface area contributed by atoms with E-state index in [0.29, 0.717) is 25.1 Å². The summed E-state index contributed by atoms with van der Waals surface area (Å²) in [6.07, 6.45) is 4.51. The number of hydrogen-bond acceptors (Lipinski definition) is 3. The number of aryl methyl sites for hydroxylation is 1. The van der Waals surface area contributed by atoms with Crippen LogP contribution in [-0.2, 0) is 10.2 Å². The van der Waals surface area contributed by atoms with Crippen molar-refractivity contribution in [3.63, 3.8) is 0 Å². The summed E-state index contributed by atoms with van der Waals surface area (Å²) in [7, 11) is 0. The Balaban J connectivity index is 1.87. The van der Waals surface area contributed by atoms with E-state index in [1.807, 2.05) is 42.3 Å². The Labute approximate surface area is 172 Å². The molecule has 1 atom stereocenters. The molecule has 156 valence electrons. The summed E-state index contributed by atoms with van der Waals surface area (Å²) in [6, 6.07) is 8.08. The number of carbonyl (C=O) groups excluding carboxylic acids is 1. The maximum atomic E-state index is 13.4. The summed E-state index contributed by atoms with van der Waals surface area (Å²) in [5.74, 6) is -0.537. The Bertz CT molecular complexity index is 878. The molecule has 2 heterocycles. The average Bonchev–Trinajstić information content (AvgIpc) is 3.12. The number of likely N-dealkylation sites (tertiary alicyclic amines) is 1. The van der Waals surface area contributed by atoms with Gasteiger partial charge in [0.2, 0.25) is 0 Å². The molecule has 1 aromatic carbocycles. The van der Waals surface area contributed by atoms with E-state index in [1.54, 1.807) is 4.68 Å². The molecule has 1 aliphatic rings. The minimum atomic E-state index is -0.775. The maximum absolute atomic E-state index is 13.4. The first-order valence-corrected chi connectivity index (χ1v) is 10.3. The number of nitrogens with zero attached hydrogens (tertiary/aromatic N) is 3. The number of aliphatic carboxylic acids is 1. The van der Waals surface area contributed by atoms with Gasteiger partial charge in [0.15, 0.2) is 0 Å². The molecule has 1 amide bonds. The molecule has 0 bridgehead atoms. The lowest BCUT2D eigenvalue weighted by Gasteiger charge is -2.33. The second-order valence-corrected chi connectivity index (χ2v) is 9.11. The van der Waals surface area contributed by atoms with E-state index >= 15 is 0 Å². The van der Waals surface area contributed by atoms with Gasteiger partial charge in [-0.05, 0) is 44.2 Å². The molecule has 1 fully saturated rings. The van der Waals surface area contributed by atoms with Crippen LogP contribution in [0.1, 0.15) is 68.1 Å². The highest BCUT2D eigenvalue weighted by Gasteiger charge is 2.31. The van der Waals surface area contributed by atoms with Crippen LogP contribution in [0.15, 0.2) is 30.5 Å². The van der Waals surface area contributed by atoms with E-state index in [2.05, 4.69) is 20.8 Å². The van der Waals surface area contributed by atoms with Crippen molar-refractivity contribution in [1.82, 2.24) is 14.7 Å². The minimum absolute atomic E-state index is 0.00619. The first kappa shape index (κ1) is 21.1. The summed E-state index contributed by atoms with van der Waals surface area (Å²) >= 11 is 0. The Kier molecular flexibility index (Phi) is 6.10.